The average Bonchev–Trinajstić information content (AvgIpc) is 3.12. The van der Waals surface area contributed by atoms with Crippen LogP contribution in [0, 0.1) is 5.92 Å². The van der Waals surface area contributed by atoms with E-state index < -0.39 is 21.7 Å². The highest BCUT2D eigenvalue weighted by atomic mass is 32.2. The number of aliphatic hydroxyl groups excluding tert-OH is 1. The fourth-order valence-electron chi connectivity index (χ4n) is 5.02. The quantitative estimate of drug-likeness (QED) is 0.314. The van der Waals surface area contributed by atoms with Crippen molar-refractivity contribution in [1.29, 1.82) is 0 Å². The Kier molecular flexibility index (Phi) is 10.8. The number of ether oxygens (including phenoxy) is 1. The van der Waals surface area contributed by atoms with Gasteiger partial charge in [-0.3, -0.25) is 4.79 Å². The Labute approximate surface area is 265 Å². The fourth-order valence-corrected chi connectivity index (χ4v) is 6.66. The summed E-state index contributed by atoms with van der Waals surface area (Å²) in [6.07, 6.45) is 5.87. The number of nitrogens with two attached hydrogens (primary N) is 1. The number of hydrogen-bond donors (Lipinski definition) is 3. The molecule has 0 spiro atoms. The molecule has 242 valence electrons. The molecule has 4 rings (SSSR count). The highest BCUT2D eigenvalue weighted by molar-refractivity contribution is 7.89. The van der Waals surface area contributed by atoms with Crippen molar-refractivity contribution >= 4 is 39.6 Å². The molecule has 12 heteroatoms. The number of aliphatic imine (C=N–C) groups is 1. The van der Waals surface area contributed by atoms with Crippen molar-refractivity contribution in [3.63, 3.8) is 0 Å². The Balaban J connectivity index is 1.49. The Morgan fingerprint density at radius 3 is 2.58 bits per heavy atom. The van der Waals surface area contributed by atoms with Crippen molar-refractivity contribution in [3.05, 3.63) is 65.8 Å². The molecule has 0 unspecified atom stereocenters. The van der Waals surface area contributed by atoms with Crippen LogP contribution in [0.3, 0.4) is 0 Å². The van der Waals surface area contributed by atoms with Crippen LogP contribution in [0.2, 0.25) is 0 Å². The van der Waals surface area contributed by atoms with E-state index in [0.29, 0.717) is 48.8 Å². The lowest BCUT2D eigenvalue weighted by Gasteiger charge is -2.36. The first-order valence-electron chi connectivity index (χ1n) is 15.1. The average molecular weight is 638 g/mol. The number of benzene rings is 2. The van der Waals surface area contributed by atoms with Gasteiger partial charge in [-0.25, -0.2) is 18.2 Å². The zero-order valence-corrected chi connectivity index (χ0v) is 27.1. The first-order valence-corrected chi connectivity index (χ1v) is 16.5. The molecule has 2 aliphatic rings. The topological polar surface area (TPSA) is 155 Å². The van der Waals surface area contributed by atoms with E-state index >= 15 is 0 Å². The third kappa shape index (κ3) is 8.80. The van der Waals surface area contributed by atoms with Crippen molar-refractivity contribution in [2.24, 2.45) is 16.6 Å². The summed E-state index contributed by atoms with van der Waals surface area (Å²) in [7, 11) is -3.66. The lowest BCUT2D eigenvalue weighted by atomic mass is 10.0. The molecule has 0 radical (unpaired) electrons. The number of carbonyl (C=O) groups excluding carboxylic acids is 2. The molecule has 2 aromatic carbocycles. The molecule has 0 bridgehead atoms. The Hall–Kier alpha value is -4.00. The molecule has 45 heavy (non-hydrogen) atoms. The van der Waals surface area contributed by atoms with Crippen molar-refractivity contribution in [1.82, 2.24) is 14.5 Å². The van der Waals surface area contributed by atoms with Crippen LogP contribution in [0.5, 0.6) is 0 Å². The second kappa shape index (κ2) is 14.4. The number of fused-ring (bicyclic) bond motifs is 1. The summed E-state index contributed by atoms with van der Waals surface area (Å²) in [5.74, 6) is 0.120. The number of aliphatic hydroxyl groups is 1. The normalized spacial score (nSPS) is 15.8. The van der Waals surface area contributed by atoms with Crippen LogP contribution in [0.15, 0.2) is 70.1 Å². The Bertz CT molecular complexity index is 1600. The monoisotopic (exact) mass is 637 g/mol. The van der Waals surface area contributed by atoms with Crippen LogP contribution in [-0.2, 0) is 19.6 Å². The minimum atomic E-state index is -3.66. The number of hydrogen-bond acceptors (Lipinski definition) is 8. The SMILES string of the molecule is CCCN(C/C=C/CNC(=O)OC(C)(C)C)C(=O)C1=Cc2ccc(-c3cccc(S(=O)(=O)N4CC(CO)C4)c3)cc2N=C(N)C1. The van der Waals surface area contributed by atoms with Gasteiger partial charge in [-0.1, -0.05) is 43.3 Å². The number of sulfonamides is 1. The summed E-state index contributed by atoms with van der Waals surface area (Å²) < 4.78 is 32.8. The second-order valence-corrected chi connectivity index (χ2v) is 14.2. The summed E-state index contributed by atoms with van der Waals surface area (Å²) in [5, 5.41) is 11.9. The van der Waals surface area contributed by atoms with Gasteiger partial charge in [-0.05, 0) is 62.6 Å². The van der Waals surface area contributed by atoms with Gasteiger partial charge < -0.3 is 25.8 Å². The van der Waals surface area contributed by atoms with Gasteiger partial charge in [-0.15, -0.1) is 0 Å². The second-order valence-electron chi connectivity index (χ2n) is 12.2. The van der Waals surface area contributed by atoms with E-state index in [1.165, 1.54) is 4.31 Å². The third-order valence-corrected chi connectivity index (χ3v) is 9.12. The van der Waals surface area contributed by atoms with Crippen LogP contribution < -0.4 is 11.1 Å². The van der Waals surface area contributed by atoms with Gasteiger partial charge in [0, 0.05) is 62.8 Å². The molecule has 1 fully saturated rings. The van der Waals surface area contributed by atoms with Gasteiger partial charge in [-0.2, -0.15) is 4.31 Å². The van der Waals surface area contributed by atoms with Gasteiger partial charge in [0.2, 0.25) is 10.0 Å². The molecule has 0 aromatic heterocycles. The van der Waals surface area contributed by atoms with Crippen LogP contribution in [0.1, 0.15) is 46.1 Å². The summed E-state index contributed by atoms with van der Waals surface area (Å²) in [6, 6.07) is 12.3. The molecule has 2 heterocycles. The number of alkyl carbamates (subject to hydrolysis) is 1. The van der Waals surface area contributed by atoms with E-state index in [1.54, 1.807) is 49.9 Å². The fraction of sp³-hybridized carbons (Fsp3) is 0.424. The minimum absolute atomic E-state index is 0.0284. The third-order valence-electron chi connectivity index (χ3n) is 7.29. The van der Waals surface area contributed by atoms with Crippen LogP contribution >= 0.6 is 0 Å². The van der Waals surface area contributed by atoms with E-state index in [9.17, 15) is 23.1 Å². The number of amides is 2. The van der Waals surface area contributed by atoms with E-state index in [-0.39, 0.29) is 36.3 Å². The van der Waals surface area contributed by atoms with Gasteiger partial charge in [0.25, 0.3) is 5.91 Å². The van der Waals surface area contributed by atoms with Crippen LogP contribution in [0.25, 0.3) is 17.2 Å². The molecule has 0 aliphatic carbocycles. The molecule has 0 atom stereocenters. The zero-order valence-electron chi connectivity index (χ0n) is 26.3. The number of amidine groups is 1. The molecule has 0 saturated carbocycles. The summed E-state index contributed by atoms with van der Waals surface area (Å²) in [6.45, 7) is 9.15. The molecular weight excluding hydrogens is 594 g/mol. The first kappa shape index (κ1) is 33.9. The highest BCUT2D eigenvalue weighted by Gasteiger charge is 2.36. The van der Waals surface area contributed by atoms with E-state index in [1.807, 2.05) is 43.3 Å². The van der Waals surface area contributed by atoms with Gasteiger partial charge in [0.15, 0.2) is 0 Å². The van der Waals surface area contributed by atoms with E-state index in [0.717, 1.165) is 17.5 Å². The standard InChI is InChI=1S/C33H43N5O6S/c1-5-14-37(15-7-6-13-35-32(41)44-33(2,3)4)31(40)27-16-26-12-11-25(18-29(26)36-30(34)19-27)24-9-8-10-28(17-24)45(42,43)38-20-23(21-38)22-39/h6-12,16-18,23,39H,5,13-15,19-22H2,1-4H3,(H2,34,36)(H,35,41)/b7-6+. The van der Waals surface area contributed by atoms with Crippen molar-refractivity contribution in [3.8, 4) is 11.1 Å². The van der Waals surface area contributed by atoms with Crippen LogP contribution in [-0.4, -0.2) is 85.5 Å². The minimum Gasteiger partial charge on any atom is -0.444 e. The van der Waals surface area contributed by atoms with Crippen molar-refractivity contribution in [2.75, 3.05) is 39.3 Å². The molecule has 2 aliphatic heterocycles. The van der Waals surface area contributed by atoms with Gasteiger partial charge in [0.1, 0.15) is 11.4 Å². The number of rotatable bonds is 11. The maximum atomic E-state index is 13.6. The largest absolute Gasteiger partial charge is 0.444 e. The number of nitrogens with zero attached hydrogens (tertiary/aromatic N) is 3. The van der Waals surface area contributed by atoms with Crippen LogP contribution in [0.4, 0.5) is 10.5 Å². The van der Waals surface area contributed by atoms with Crippen molar-refractivity contribution < 1.29 is 27.9 Å². The highest BCUT2D eigenvalue weighted by Crippen LogP contribution is 2.34. The predicted molar refractivity (Wildman–Crippen MR) is 175 cm³/mol. The predicted octanol–water partition coefficient (Wildman–Crippen LogP) is 4.06. The maximum Gasteiger partial charge on any atom is 0.407 e. The number of nitrogens with one attached hydrogen (secondary N) is 1. The van der Waals surface area contributed by atoms with Crippen molar-refractivity contribution in [2.45, 2.75) is 51.0 Å². The molecule has 2 amide bonds. The van der Waals surface area contributed by atoms with E-state index in [2.05, 4.69) is 10.3 Å². The maximum absolute atomic E-state index is 13.6. The smallest absolute Gasteiger partial charge is 0.407 e. The molecule has 11 nitrogen and oxygen atoms in total. The first-order chi connectivity index (χ1) is 21.3. The van der Waals surface area contributed by atoms with Gasteiger partial charge in [0.05, 0.1) is 10.6 Å². The lowest BCUT2D eigenvalue weighted by molar-refractivity contribution is -0.126. The molecule has 4 N–H and O–H groups in total. The zero-order chi connectivity index (χ0) is 32.8. The molecule has 1 saturated heterocycles. The lowest BCUT2D eigenvalue weighted by Crippen LogP contribution is -2.51. The van der Waals surface area contributed by atoms with E-state index in [4.69, 9.17) is 10.5 Å². The van der Waals surface area contributed by atoms with Gasteiger partial charge >= 0.3 is 6.09 Å². The molecule has 2 aromatic rings. The Morgan fingerprint density at radius 1 is 1.16 bits per heavy atom. The summed E-state index contributed by atoms with van der Waals surface area (Å²) in [4.78, 5) is 32.0. The summed E-state index contributed by atoms with van der Waals surface area (Å²) >= 11 is 0. The molecular formula is C33H43N5O6S. The number of carbonyl (C=O) groups is 2. The summed E-state index contributed by atoms with van der Waals surface area (Å²) in [5.41, 5.74) is 9.01. The Morgan fingerprint density at radius 2 is 1.89 bits per heavy atom.